The molecule has 1 aliphatic heterocycles. The molecule has 3 amide bonds. The Hall–Kier alpha value is -5.11. The van der Waals surface area contributed by atoms with E-state index in [1.54, 1.807) is 48.5 Å². The van der Waals surface area contributed by atoms with E-state index in [0.29, 0.717) is 22.6 Å². The molecular formula is C33H31N3O5. The zero-order chi connectivity index (χ0) is 28.8. The van der Waals surface area contributed by atoms with E-state index in [1.165, 1.54) is 12.0 Å². The van der Waals surface area contributed by atoms with Crippen LogP contribution in [0, 0.1) is 0 Å². The van der Waals surface area contributed by atoms with Crippen molar-refractivity contribution in [3.63, 3.8) is 0 Å². The van der Waals surface area contributed by atoms with Crippen molar-refractivity contribution in [3.05, 3.63) is 131 Å². The molecule has 0 aliphatic carbocycles. The van der Waals surface area contributed by atoms with E-state index in [-0.39, 0.29) is 24.4 Å². The molecule has 1 heterocycles. The zero-order valence-electron chi connectivity index (χ0n) is 22.8. The van der Waals surface area contributed by atoms with Crippen LogP contribution in [0.2, 0.25) is 0 Å². The molecule has 1 aliphatic rings. The summed E-state index contributed by atoms with van der Waals surface area (Å²) in [7, 11) is 1.54. The van der Waals surface area contributed by atoms with E-state index in [1.807, 2.05) is 67.6 Å². The van der Waals surface area contributed by atoms with E-state index < -0.39 is 18.2 Å². The number of nitrogens with one attached hydrogen (secondary N) is 2. The molecule has 208 valence electrons. The van der Waals surface area contributed by atoms with E-state index in [4.69, 9.17) is 9.47 Å². The number of carbonyl (C=O) groups is 3. The van der Waals surface area contributed by atoms with Gasteiger partial charge in [-0.1, -0.05) is 78.9 Å². The van der Waals surface area contributed by atoms with Crippen molar-refractivity contribution in [2.75, 3.05) is 12.4 Å². The maximum atomic E-state index is 13.8. The Bertz CT molecular complexity index is 1530. The maximum absolute atomic E-state index is 13.8. The summed E-state index contributed by atoms with van der Waals surface area (Å²) < 4.78 is 11.0. The van der Waals surface area contributed by atoms with Crippen molar-refractivity contribution >= 4 is 23.6 Å². The number of rotatable bonds is 9. The van der Waals surface area contributed by atoms with Crippen molar-refractivity contribution < 1.29 is 23.9 Å². The number of carbonyl (C=O) groups excluding carboxylic acids is 3. The summed E-state index contributed by atoms with van der Waals surface area (Å²) in [6.45, 7) is 2.11. The zero-order valence-corrected chi connectivity index (χ0v) is 22.8. The Kier molecular flexibility index (Phi) is 8.29. The first kappa shape index (κ1) is 27.5. The predicted octanol–water partition coefficient (Wildman–Crippen LogP) is 5.89. The molecule has 4 aromatic rings. The average molecular weight is 550 g/mol. The highest BCUT2D eigenvalue weighted by Gasteiger charge is 2.47. The molecule has 0 aromatic heterocycles. The van der Waals surface area contributed by atoms with E-state index in [9.17, 15) is 14.4 Å². The van der Waals surface area contributed by atoms with Gasteiger partial charge in [-0.05, 0) is 53.9 Å². The third-order valence-electron chi connectivity index (χ3n) is 7.01. The normalized spacial score (nSPS) is 16.9. The molecule has 5 rings (SSSR count). The molecule has 0 spiro atoms. The highest BCUT2D eigenvalue weighted by atomic mass is 16.6. The lowest BCUT2D eigenvalue weighted by molar-refractivity contribution is -0.127. The van der Waals surface area contributed by atoms with Gasteiger partial charge in [0.25, 0.3) is 5.91 Å². The minimum absolute atomic E-state index is 0.209. The lowest BCUT2D eigenvalue weighted by atomic mass is 9.99. The Balaban J connectivity index is 1.42. The number of benzene rings is 4. The number of anilines is 1. The summed E-state index contributed by atoms with van der Waals surface area (Å²) in [5.74, 6) is -0.0820. The summed E-state index contributed by atoms with van der Waals surface area (Å²) in [6.07, 6.45) is -1.47. The number of ether oxygens (including phenoxy) is 2. The lowest BCUT2D eigenvalue weighted by Crippen LogP contribution is -2.46. The van der Waals surface area contributed by atoms with Gasteiger partial charge in [0.05, 0.1) is 19.7 Å². The highest BCUT2D eigenvalue weighted by Crippen LogP contribution is 2.35. The van der Waals surface area contributed by atoms with Crippen LogP contribution in [0.15, 0.2) is 109 Å². The summed E-state index contributed by atoms with van der Waals surface area (Å²) >= 11 is 0. The fourth-order valence-electron chi connectivity index (χ4n) is 4.87. The standard InChI is InChI=1S/C33H31N3O5/c1-22(24-13-7-4-8-14-24)34-32(38)29-30(41-33(39)36(29)21-23-11-5-3-6-12-23)25-15-9-17-27(19-25)35-31(37)26-16-10-18-28(20-26)40-2/h3-20,22,29-30H,21H2,1-2H3,(H,34,38)(H,35,37). The second kappa shape index (κ2) is 12.4. The van der Waals surface area contributed by atoms with Crippen molar-refractivity contribution in [2.45, 2.75) is 31.7 Å². The molecule has 3 unspecified atom stereocenters. The number of nitrogens with zero attached hydrogens (tertiary/aromatic N) is 1. The molecule has 2 N–H and O–H groups in total. The average Bonchev–Trinajstić information content (AvgIpc) is 3.33. The molecule has 41 heavy (non-hydrogen) atoms. The SMILES string of the molecule is COc1cccc(C(=O)Nc2cccc(C3OC(=O)N(Cc4ccccc4)C3C(=O)NC(C)c3ccccc3)c2)c1. The highest BCUT2D eigenvalue weighted by molar-refractivity contribution is 6.04. The van der Waals surface area contributed by atoms with Crippen LogP contribution in [0.5, 0.6) is 5.75 Å². The van der Waals surface area contributed by atoms with Crippen molar-refractivity contribution in [1.82, 2.24) is 10.2 Å². The minimum atomic E-state index is -0.932. The number of hydrogen-bond donors (Lipinski definition) is 2. The topological polar surface area (TPSA) is 97.0 Å². The van der Waals surface area contributed by atoms with Crippen LogP contribution in [-0.2, 0) is 16.1 Å². The molecule has 4 aromatic carbocycles. The predicted molar refractivity (Wildman–Crippen MR) is 155 cm³/mol. The van der Waals surface area contributed by atoms with Gasteiger partial charge in [0.1, 0.15) is 5.75 Å². The van der Waals surface area contributed by atoms with E-state index in [2.05, 4.69) is 10.6 Å². The first-order valence-corrected chi connectivity index (χ1v) is 13.3. The van der Waals surface area contributed by atoms with E-state index >= 15 is 0 Å². The fraction of sp³-hybridized carbons (Fsp3) is 0.182. The smallest absolute Gasteiger partial charge is 0.411 e. The molecule has 8 nitrogen and oxygen atoms in total. The van der Waals surface area contributed by atoms with Crippen molar-refractivity contribution in [1.29, 1.82) is 0 Å². The summed E-state index contributed by atoms with van der Waals surface area (Å²) in [6, 6.07) is 31.7. The van der Waals surface area contributed by atoms with Gasteiger partial charge in [0.2, 0.25) is 5.91 Å². The molecule has 1 saturated heterocycles. The van der Waals surface area contributed by atoms with Crippen LogP contribution in [0.4, 0.5) is 10.5 Å². The third kappa shape index (κ3) is 6.38. The molecule has 0 bridgehead atoms. The van der Waals surface area contributed by atoms with Gasteiger partial charge in [-0.15, -0.1) is 0 Å². The van der Waals surface area contributed by atoms with Crippen LogP contribution in [0.25, 0.3) is 0 Å². The van der Waals surface area contributed by atoms with Crippen LogP contribution in [-0.4, -0.2) is 36.0 Å². The van der Waals surface area contributed by atoms with Crippen LogP contribution < -0.4 is 15.4 Å². The summed E-state index contributed by atoms with van der Waals surface area (Å²) in [5, 5.41) is 5.94. The molecule has 0 radical (unpaired) electrons. The van der Waals surface area contributed by atoms with Gasteiger partial charge in [0, 0.05) is 11.3 Å². The first-order valence-electron chi connectivity index (χ1n) is 13.3. The first-order chi connectivity index (χ1) is 19.9. The molecule has 1 fully saturated rings. The van der Waals surface area contributed by atoms with Gasteiger partial charge in [-0.2, -0.15) is 0 Å². The Morgan fingerprint density at radius 2 is 1.61 bits per heavy atom. The maximum Gasteiger partial charge on any atom is 0.411 e. The number of cyclic esters (lactones) is 1. The lowest BCUT2D eigenvalue weighted by Gasteiger charge is -2.26. The van der Waals surface area contributed by atoms with Gasteiger partial charge in [-0.25, -0.2) is 4.79 Å². The van der Waals surface area contributed by atoms with Gasteiger partial charge < -0.3 is 20.1 Å². The number of methoxy groups -OCH3 is 1. The van der Waals surface area contributed by atoms with Crippen molar-refractivity contribution in [2.24, 2.45) is 0 Å². The Morgan fingerprint density at radius 3 is 2.34 bits per heavy atom. The van der Waals surface area contributed by atoms with Crippen LogP contribution in [0.3, 0.4) is 0 Å². The quantitative estimate of drug-likeness (QED) is 0.272. The summed E-state index contributed by atoms with van der Waals surface area (Å²) in [5.41, 5.74) is 3.34. The fourth-order valence-corrected chi connectivity index (χ4v) is 4.87. The third-order valence-corrected chi connectivity index (χ3v) is 7.01. The van der Waals surface area contributed by atoms with Gasteiger partial charge in [0.15, 0.2) is 12.1 Å². The summed E-state index contributed by atoms with van der Waals surface area (Å²) in [4.78, 5) is 41.4. The molecule has 0 saturated carbocycles. The Morgan fingerprint density at radius 1 is 0.902 bits per heavy atom. The number of hydrogen-bond acceptors (Lipinski definition) is 5. The Labute approximate surface area is 238 Å². The van der Waals surface area contributed by atoms with Crippen LogP contribution in [0.1, 0.15) is 46.1 Å². The second-order valence-electron chi connectivity index (χ2n) is 9.82. The molecule has 3 atom stereocenters. The van der Waals surface area contributed by atoms with Gasteiger partial charge >= 0.3 is 6.09 Å². The number of amides is 3. The second-order valence-corrected chi connectivity index (χ2v) is 9.82. The van der Waals surface area contributed by atoms with Crippen molar-refractivity contribution in [3.8, 4) is 5.75 Å². The monoisotopic (exact) mass is 549 g/mol. The molecular weight excluding hydrogens is 518 g/mol. The largest absolute Gasteiger partial charge is 0.497 e. The van der Waals surface area contributed by atoms with Crippen LogP contribution >= 0.6 is 0 Å². The molecule has 8 heteroatoms. The van der Waals surface area contributed by atoms with E-state index in [0.717, 1.165) is 11.1 Å². The minimum Gasteiger partial charge on any atom is -0.497 e. The van der Waals surface area contributed by atoms with Gasteiger partial charge in [-0.3, -0.25) is 14.5 Å².